The summed E-state index contributed by atoms with van der Waals surface area (Å²) in [5.74, 6) is -2.53. The molecule has 5 heteroatoms. The normalized spacial score (nSPS) is 13.9. The first kappa shape index (κ1) is 35.0. The second-order valence-electron chi connectivity index (χ2n) is 16.3. The smallest absolute Gasteiger partial charge is 0.121 e. The van der Waals surface area contributed by atoms with Crippen LogP contribution in [0.2, 0.25) is 19.6 Å². The van der Waals surface area contributed by atoms with Crippen molar-refractivity contribution in [3.63, 3.8) is 0 Å². The fourth-order valence-corrected chi connectivity index (χ4v) is 8.85. The van der Waals surface area contributed by atoms with Crippen molar-refractivity contribution in [2.24, 2.45) is 0 Å². The summed E-state index contributed by atoms with van der Waals surface area (Å²) >= 11 is 0. The van der Waals surface area contributed by atoms with E-state index < -0.39 is 32.6 Å². The molecule has 0 spiro atoms. The van der Waals surface area contributed by atoms with E-state index in [4.69, 9.17) is 17.6 Å². The quantitative estimate of drug-likeness (QED) is 0.113. The Labute approximate surface area is 368 Å². The molecule has 58 heavy (non-hydrogen) atoms. The van der Waals surface area contributed by atoms with Crippen LogP contribution in [0.3, 0.4) is 0 Å². The molecule has 3 nitrogen and oxygen atoms in total. The van der Waals surface area contributed by atoms with E-state index in [0.29, 0.717) is 22.4 Å². The summed E-state index contributed by atoms with van der Waals surface area (Å²) in [5, 5.41) is 3.16. The van der Waals surface area contributed by atoms with E-state index in [1.54, 1.807) is 19.9 Å². The van der Waals surface area contributed by atoms with Crippen molar-refractivity contribution < 1.29 is 32.7 Å². The van der Waals surface area contributed by atoms with E-state index in [2.05, 4.69) is 85.3 Å². The fourth-order valence-electron chi connectivity index (χ4n) is 7.27. The molecule has 0 N–H and O–H groups in total. The van der Waals surface area contributed by atoms with Crippen LogP contribution in [0.4, 0.5) is 0 Å². The van der Waals surface area contributed by atoms with Gasteiger partial charge in [-0.05, 0) is 69.1 Å². The number of rotatable bonds is 8. The molecule has 0 fully saturated rings. The molecule has 297 valence electrons. The van der Waals surface area contributed by atoms with Crippen molar-refractivity contribution in [1.29, 1.82) is 0 Å². The Morgan fingerprint density at radius 3 is 1.91 bits per heavy atom. The Hall–Kier alpha value is -4.93. The van der Waals surface area contributed by atoms with E-state index >= 15 is 0 Å². The van der Waals surface area contributed by atoms with E-state index in [1.807, 2.05) is 94.6 Å². The summed E-state index contributed by atoms with van der Waals surface area (Å²) in [6, 6.07) is 44.6. The SMILES string of the molecule is [2H]C(C)(C)c1c[c-]c(-c2cc(C([2H])(C)C)c([Si](C)(C)C)cn2)cc1-c1ccccc1.[2H]C([2H])([2H])c1cnc(-c2[c-]ccc3c2oc2cc(-c4ccccc4)ccc23)cc1C([2H])(C)C.[Ir]. The summed E-state index contributed by atoms with van der Waals surface area (Å²) in [6.45, 7) is 15.6. The molecular weight excluding hydrogens is 901 g/mol. The van der Waals surface area contributed by atoms with Crippen LogP contribution in [0.15, 0.2) is 132 Å². The zero-order valence-electron chi connectivity index (χ0n) is 40.8. The van der Waals surface area contributed by atoms with Gasteiger partial charge >= 0.3 is 0 Å². The number of fused-ring (bicyclic) bond motifs is 3. The summed E-state index contributed by atoms with van der Waals surface area (Å²) in [7, 11) is -1.63. The number of aromatic nitrogens is 2. The Bertz CT molecular complexity index is 2920. The fraction of sp³-hybridized carbons (Fsp3) is 0.245. The average Bonchev–Trinajstić information content (AvgIpc) is 3.60. The van der Waals surface area contributed by atoms with Crippen LogP contribution in [0.5, 0.6) is 0 Å². The van der Waals surface area contributed by atoms with Gasteiger partial charge in [-0.15, -0.1) is 47.5 Å². The second kappa shape index (κ2) is 17.9. The Balaban J connectivity index is 0.000000210. The average molecular weight is 961 g/mol. The van der Waals surface area contributed by atoms with Crippen molar-refractivity contribution in [2.75, 3.05) is 0 Å². The number of aryl methyl sites for hydroxylation is 1. The van der Waals surface area contributed by atoms with Gasteiger partial charge in [0.25, 0.3) is 0 Å². The van der Waals surface area contributed by atoms with Gasteiger partial charge in [-0.25, -0.2) is 0 Å². The Morgan fingerprint density at radius 1 is 0.638 bits per heavy atom. The van der Waals surface area contributed by atoms with Crippen LogP contribution in [0, 0.1) is 19.0 Å². The van der Waals surface area contributed by atoms with Crippen LogP contribution >= 0.6 is 0 Å². The Kier molecular flexibility index (Phi) is 10.8. The number of furan rings is 1. The van der Waals surface area contributed by atoms with Gasteiger partial charge in [-0.3, -0.25) is 0 Å². The third-order valence-electron chi connectivity index (χ3n) is 10.3. The number of nitrogens with zero attached hydrogens (tertiary/aromatic N) is 2. The molecule has 3 heterocycles. The number of pyridine rings is 2. The van der Waals surface area contributed by atoms with Crippen LogP contribution in [0.25, 0.3) is 66.7 Å². The second-order valence-corrected chi connectivity index (χ2v) is 21.3. The van der Waals surface area contributed by atoms with Gasteiger partial charge in [0.05, 0.1) is 13.7 Å². The molecule has 0 atom stereocenters. The molecule has 8 aromatic rings. The van der Waals surface area contributed by atoms with Crippen LogP contribution in [-0.2, 0) is 20.1 Å². The first-order valence-corrected chi connectivity index (χ1v) is 23.0. The maximum Gasteiger partial charge on any atom is 0.121 e. The van der Waals surface area contributed by atoms with E-state index in [1.165, 1.54) is 11.4 Å². The third-order valence-corrected chi connectivity index (χ3v) is 12.4. The maximum atomic E-state index is 8.71. The molecule has 0 unspecified atom stereocenters. The molecule has 8 rings (SSSR count). The predicted octanol–water partition coefficient (Wildman–Crippen LogP) is 14.6. The minimum Gasteiger partial charge on any atom is -0.501 e. The van der Waals surface area contributed by atoms with Crippen molar-refractivity contribution in [3.05, 3.63) is 162 Å². The van der Waals surface area contributed by atoms with Crippen LogP contribution in [0.1, 0.15) is 89.7 Å². The van der Waals surface area contributed by atoms with Crippen LogP contribution < -0.4 is 5.19 Å². The molecule has 0 amide bonds. The molecule has 0 saturated carbocycles. The largest absolute Gasteiger partial charge is 0.501 e. The molecule has 0 aliphatic heterocycles. The number of hydrogen-bond acceptors (Lipinski definition) is 3. The van der Waals surface area contributed by atoms with Gasteiger partial charge in [0, 0.05) is 46.1 Å². The van der Waals surface area contributed by atoms with E-state index in [9.17, 15) is 0 Å². The zero-order chi connectivity index (χ0) is 45.7. The molecule has 5 aromatic carbocycles. The maximum absolute atomic E-state index is 8.71. The van der Waals surface area contributed by atoms with E-state index in [-0.39, 0.29) is 25.7 Å². The standard InChI is InChI=1S/C27H22NO.C26H32NSi.Ir/c1-17(2)24-15-25(28-16-18(24)3)23-11-7-10-22-21-13-12-20(14-26(21)29-27(22)23)19-8-5-4-6-9-19;1-18(2)22-14-13-21(15-24(22)20-11-9-8-10-12-20)25-16-23(19(3)4)26(17-27-25)28(5,6)7;/h4-10,12-17H,1-3H3;8-12,14-19H,1-7H3;/q2*-1;/i3D3,17D;18D,19D;. The van der Waals surface area contributed by atoms with Gasteiger partial charge in [0.2, 0.25) is 0 Å². The molecule has 1 radical (unpaired) electrons. The first-order chi connectivity index (χ1) is 29.4. The predicted molar refractivity (Wildman–Crippen MR) is 245 cm³/mol. The molecule has 3 aromatic heterocycles. The van der Waals surface area contributed by atoms with Crippen molar-refractivity contribution in [2.45, 2.75) is 85.7 Å². The summed E-state index contributed by atoms with van der Waals surface area (Å²) in [4.78, 5) is 9.23. The first-order valence-electron chi connectivity index (χ1n) is 22.5. The molecule has 0 aliphatic rings. The van der Waals surface area contributed by atoms with Gasteiger partial charge < -0.3 is 14.4 Å². The summed E-state index contributed by atoms with van der Waals surface area (Å²) < 4.78 is 55.6. The number of benzene rings is 5. The van der Waals surface area contributed by atoms with Crippen molar-refractivity contribution in [3.8, 4) is 44.8 Å². The number of hydrogen-bond donors (Lipinski definition) is 0. The minimum absolute atomic E-state index is 0. The molecule has 0 aliphatic carbocycles. The van der Waals surface area contributed by atoms with Gasteiger partial charge in [0.1, 0.15) is 5.58 Å². The zero-order valence-corrected chi connectivity index (χ0v) is 38.2. The summed E-state index contributed by atoms with van der Waals surface area (Å²) in [6.07, 6.45) is 3.34. The monoisotopic (exact) mass is 961 g/mol. The van der Waals surface area contributed by atoms with Gasteiger partial charge in [-0.1, -0.05) is 174 Å². The van der Waals surface area contributed by atoms with Gasteiger partial charge in [-0.2, -0.15) is 0 Å². The minimum atomic E-state index is -2.35. The van der Waals surface area contributed by atoms with Gasteiger partial charge in [0.15, 0.2) is 0 Å². The van der Waals surface area contributed by atoms with Crippen LogP contribution in [-0.4, -0.2) is 18.0 Å². The molecule has 0 bridgehead atoms. The molecular formula is C53H54IrN2OSi-2. The topological polar surface area (TPSA) is 38.9 Å². The summed E-state index contributed by atoms with van der Waals surface area (Å²) in [5.41, 5.74) is 11.1. The van der Waals surface area contributed by atoms with Crippen molar-refractivity contribution >= 4 is 35.2 Å². The van der Waals surface area contributed by atoms with Crippen molar-refractivity contribution in [1.82, 2.24) is 9.97 Å². The van der Waals surface area contributed by atoms with E-state index in [0.717, 1.165) is 61.0 Å². The molecule has 0 saturated heterocycles. The third kappa shape index (κ3) is 9.03. The Morgan fingerprint density at radius 2 is 1.28 bits per heavy atom.